The molecule has 1 fully saturated rings. The van der Waals surface area contributed by atoms with Crippen molar-refractivity contribution in [3.05, 3.63) is 0 Å². The fourth-order valence-corrected chi connectivity index (χ4v) is 0.926. The number of nitrogens with two attached hydrogens (primary N) is 1. The maximum atomic E-state index is 10.3. The van der Waals surface area contributed by atoms with E-state index in [2.05, 4.69) is 0 Å². The van der Waals surface area contributed by atoms with Gasteiger partial charge in [-0.25, -0.2) is 0 Å². The highest BCUT2D eigenvalue weighted by Crippen LogP contribution is 2.12. The minimum absolute atomic E-state index is 0.359. The second kappa shape index (κ2) is 1.75. The predicted molar refractivity (Wildman–Crippen MR) is 29.1 cm³/mol. The van der Waals surface area contributed by atoms with Crippen molar-refractivity contribution < 1.29 is 9.59 Å². The number of amides is 2. The number of carbonyl (C=O) groups excluding carboxylic acids is 2. The van der Waals surface area contributed by atoms with Gasteiger partial charge in [0.25, 0.3) is 11.1 Å². The molecule has 44 valence electrons. The molecule has 1 saturated heterocycles. The largest absolute Gasteiger partial charge is 0.311 e. The number of imide groups is 1. The van der Waals surface area contributed by atoms with E-state index in [1.54, 1.807) is 0 Å². The van der Waals surface area contributed by atoms with Gasteiger partial charge in [-0.3, -0.25) is 14.9 Å². The first-order valence-electron chi connectivity index (χ1n) is 1.97. The molecule has 0 radical (unpaired) electrons. The number of hydrogen-bond acceptors (Lipinski definition) is 4. The molecule has 1 atom stereocenters. The Labute approximate surface area is 49.8 Å². The standard InChI is InChI=1S/C3H4N2O2S/c4-1-2(6)5-3(7)8-1/h1H,4H2,(H,5,6,7)/t1-/m0/s1. The van der Waals surface area contributed by atoms with Crippen molar-refractivity contribution in [1.82, 2.24) is 5.32 Å². The SMILES string of the molecule is N[C@H]1SC(=O)NC1=O. The number of carbonyl (C=O) groups is 2. The van der Waals surface area contributed by atoms with Crippen molar-refractivity contribution in [2.24, 2.45) is 5.73 Å². The smallest absolute Gasteiger partial charge is 0.287 e. The minimum atomic E-state index is -0.692. The Bertz CT molecular complexity index is 146. The first-order valence-corrected chi connectivity index (χ1v) is 2.85. The van der Waals surface area contributed by atoms with Gasteiger partial charge in [0.15, 0.2) is 0 Å². The Morgan fingerprint density at radius 1 is 1.62 bits per heavy atom. The van der Waals surface area contributed by atoms with Gasteiger partial charge < -0.3 is 5.73 Å². The molecular weight excluding hydrogens is 128 g/mol. The number of thioether (sulfide) groups is 1. The summed E-state index contributed by atoms with van der Waals surface area (Å²) >= 11 is 0.807. The Morgan fingerprint density at radius 2 is 2.25 bits per heavy atom. The lowest BCUT2D eigenvalue weighted by atomic mass is 10.6. The molecule has 8 heavy (non-hydrogen) atoms. The van der Waals surface area contributed by atoms with E-state index in [4.69, 9.17) is 5.73 Å². The average molecular weight is 132 g/mol. The molecule has 0 saturated carbocycles. The summed E-state index contributed by atoms with van der Waals surface area (Å²) in [7, 11) is 0. The van der Waals surface area contributed by atoms with E-state index in [1.807, 2.05) is 5.32 Å². The van der Waals surface area contributed by atoms with Crippen LogP contribution < -0.4 is 11.1 Å². The molecule has 1 aliphatic rings. The van der Waals surface area contributed by atoms with Crippen LogP contribution in [0.4, 0.5) is 4.79 Å². The number of hydrogen-bond donors (Lipinski definition) is 2. The zero-order valence-corrected chi connectivity index (χ0v) is 4.70. The molecule has 1 rings (SSSR count). The lowest BCUT2D eigenvalue weighted by molar-refractivity contribution is -0.118. The van der Waals surface area contributed by atoms with Gasteiger partial charge in [-0.1, -0.05) is 0 Å². The molecule has 3 N–H and O–H groups in total. The topological polar surface area (TPSA) is 72.2 Å². The average Bonchev–Trinajstić information content (AvgIpc) is 1.85. The van der Waals surface area contributed by atoms with Crippen LogP contribution in [-0.2, 0) is 4.79 Å². The third kappa shape index (κ3) is 0.823. The van der Waals surface area contributed by atoms with E-state index < -0.39 is 11.3 Å². The van der Waals surface area contributed by atoms with Gasteiger partial charge >= 0.3 is 0 Å². The second-order valence-corrected chi connectivity index (χ2v) is 2.43. The van der Waals surface area contributed by atoms with E-state index >= 15 is 0 Å². The highest BCUT2D eigenvalue weighted by atomic mass is 32.2. The van der Waals surface area contributed by atoms with Crippen LogP contribution in [0.5, 0.6) is 0 Å². The Hall–Kier alpha value is -0.550. The molecule has 5 heteroatoms. The van der Waals surface area contributed by atoms with Crippen LogP contribution in [0.3, 0.4) is 0 Å². The fraction of sp³-hybridized carbons (Fsp3) is 0.333. The van der Waals surface area contributed by atoms with E-state index in [0.717, 1.165) is 11.8 Å². The second-order valence-electron chi connectivity index (χ2n) is 1.32. The van der Waals surface area contributed by atoms with Gasteiger partial charge in [-0.05, 0) is 11.8 Å². The van der Waals surface area contributed by atoms with Crippen molar-refractivity contribution in [3.8, 4) is 0 Å². The lowest BCUT2D eigenvalue weighted by Gasteiger charge is -1.88. The molecule has 0 aromatic rings. The van der Waals surface area contributed by atoms with E-state index in [1.165, 1.54) is 0 Å². The zero-order chi connectivity index (χ0) is 6.15. The highest BCUT2D eigenvalue weighted by molar-refractivity contribution is 8.15. The highest BCUT2D eigenvalue weighted by Gasteiger charge is 2.27. The van der Waals surface area contributed by atoms with Gasteiger partial charge in [-0.2, -0.15) is 0 Å². The Morgan fingerprint density at radius 3 is 2.38 bits per heavy atom. The van der Waals surface area contributed by atoms with Crippen LogP contribution >= 0.6 is 11.8 Å². The molecule has 0 aromatic heterocycles. The molecule has 4 nitrogen and oxygen atoms in total. The van der Waals surface area contributed by atoms with Crippen molar-refractivity contribution in [2.75, 3.05) is 0 Å². The number of nitrogens with one attached hydrogen (secondary N) is 1. The monoisotopic (exact) mass is 132 g/mol. The maximum absolute atomic E-state index is 10.3. The van der Waals surface area contributed by atoms with Gasteiger partial charge in [-0.15, -0.1) is 0 Å². The quantitative estimate of drug-likeness (QED) is 0.455. The normalized spacial score (nSPS) is 28.4. The molecular formula is C3H4N2O2S. The van der Waals surface area contributed by atoms with Crippen molar-refractivity contribution in [1.29, 1.82) is 0 Å². The summed E-state index contributed by atoms with van der Waals surface area (Å²) in [4.78, 5) is 20.5. The fourth-order valence-electron chi connectivity index (χ4n) is 0.370. The van der Waals surface area contributed by atoms with Crippen LogP contribution in [0.15, 0.2) is 0 Å². The van der Waals surface area contributed by atoms with Crippen molar-refractivity contribution in [3.63, 3.8) is 0 Å². The van der Waals surface area contributed by atoms with E-state index in [0.29, 0.717) is 0 Å². The molecule has 0 aliphatic carbocycles. The van der Waals surface area contributed by atoms with Crippen LogP contribution in [0.2, 0.25) is 0 Å². The summed E-state index contributed by atoms with van der Waals surface area (Å²) in [5.74, 6) is -0.403. The number of rotatable bonds is 0. The van der Waals surface area contributed by atoms with Gasteiger partial charge in [0.1, 0.15) is 5.37 Å². The third-order valence-electron chi connectivity index (χ3n) is 0.718. The third-order valence-corrected chi connectivity index (χ3v) is 1.50. The molecule has 0 unspecified atom stereocenters. The molecule has 0 spiro atoms. The van der Waals surface area contributed by atoms with Crippen LogP contribution in [-0.4, -0.2) is 16.5 Å². The molecule has 2 amide bonds. The Balaban J connectivity index is 2.64. The van der Waals surface area contributed by atoms with Gasteiger partial charge in [0, 0.05) is 0 Å². The van der Waals surface area contributed by atoms with Crippen LogP contribution in [0, 0.1) is 0 Å². The van der Waals surface area contributed by atoms with E-state index in [9.17, 15) is 9.59 Å². The summed E-state index contributed by atoms with van der Waals surface area (Å²) in [5.41, 5.74) is 5.10. The van der Waals surface area contributed by atoms with Crippen molar-refractivity contribution >= 4 is 22.9 Å². The molecule has 0 aromatic carbocycles. The van der Waals surface area contributed by atoms with Gasteiger partial charge in [0.05, 0.1) is 0 Å². The minimum Gasteiger partial charge on any atom is -0.311 e. The van der Waals surface area contributed by atoms with E-state index in [-0.39, 0.29) is 5.24 Å². The van der Waals surface area contributed by atoms with Crippen LogP contribution in [0.25, 0.3) is 0 Å². The maximum Gasteiger partial charge on any atom is 0.287 e. The first-order chi connectivity index (χ1) is 3.70. The molecule has 0 bridgehead atoms. The summed E-state index contributed by atoms with van der Waals surface area (Å²) in [5, 5.41) is 0.976. The molecule has 1 heterocycles. The van der Waals surface area contributed by atoms with Crippen molar-refractivity contribution in [2.45, 2.75) is 5.37 Å². The Kier molecular flexibility index (Phi) is 1.22. The summed E-state index contributed by atoms with van der Waals surface area (Å²) in [6.45, 7) is 0. The summed E-state index contributed by atoms with van der Waals surface area (Å²) in [6.07, 6.45) is 0. The summed E-state index contributed by atoms with van der Waals surface area (Å²) < 4.78 is 0. The van der Waals surface area contributed by atoms with Crippen LogP contribution in [0.1, 0.15) is 0 Å². The van der Waals surface area contributed by atoms with Gasteiger partial charge in [0.2, 0.25) is 0 Å². The lowest BCUT2D eigenvalue weighted by Crippen LogP contribution is -2.29. The zero-order valence-electron chi connectivity index (χ0n) is 3.88. The predicted octanol–water partition coefficient (Wildman–Crippen LogP) is -0.746. The summed E-state index contributed by atoms with van der Waals surface area (Å²) in [6, 6.07) is 0. The first kappa shape index (κ1) is 5.58. The molecule has 1 aliphatic heterocycles.